The molecule has 1 aromatic heterocycles. The van der Waals surface area contributed by atoms with Gasteiger partial charge in [-0.15, -0.1) is 0 Å². The lowest BCUT2D eigenvalue weighted by Gasteiger charge is -2.16. The molecule has 0 fully saturated rings. The Bertz CT molecular complexity index is 719. The van der Waals surface area contributed by atoms with Gasteiger partial charge in [-0.2, -0.15) is 0 Å². The van der Waals surface area contributed by atoms with Crippen molar-refractivity contribution in [1.82, 2.24) is 10.3 Å². The summed E-state index contributed by atoms with van der Waals surface area (Å²) in [5, 5.41) is 2.72. The summed E-state index contributed by atoms with van der Waals surface area (Å²) in [6, 6.07) is 8.59. The lowest BCUT2D eigenvalue weighted by atomic mass is 10.2. The van der Waals surface area contributed by atoms with Crippen LogP contribution in [0.4, 0.5) is 4.39 Å². The Morgan fingerprint density at radius 2 is 2.08 bits per heavy atom. The van der Waals surface area contributed by atoms with Crippen molar-refractivity contribution in [3.63, 3.8) is 0 Å². The number of aromatic nitrogens is 1. The van der Waals surface area contributed by atoms with Gasteiger partial charge in [0.05, 0.1) is 19.9 Å². The van der Waals surface area contributed by atoms with E-state index in [0.29, 0.717) is 23.6 Å². The predicted molar refractivity (Wildman–Crippen MR) is 89.3 cm³/mol. The van der Waals surface area contributed by atoms with Gasteiger partial charge in [-0.3, -0.25) is 9.78 Å². The van der Waals surface area contributed by atoms with Gasteiger partial charge in [0.25, 0.3) is 0 Å². The topological polar surface area (TPSA) is 60.5 Å². The third-order valence-corrected chi connectivity index (χ3v) is 3.11. The van der Waals surface area contributed by atoms with E-state index in [1.807, 2.05) is 19.1 Å². The molecule has 1 aromatic carbocycles. The van der Waals surface area contributed by atoms with Gasteiger partial charge in [-0.1, -0.05) is 12.1 Å². The second-order valence-electron chi connectivity index (χ2n) is 5.09. The summed E-state index contributed by atoms with van der Waals surface area (Å²) >= 11 is 0. The van der Waals surface area contributed by atoms with Crippen LogP contribution in [0.3, 0.4) is 0 Å². The van der Waals surface area contributed by atoms with E-state index in [1.165, 1.54) is 24.4 Å². The third kappa shape index (κ3) is 5.39. The van der Waals surface area contributed by atoms with Crippen LogP contribution in [0, 0.1) is 5.82 Å². The highest BCUT2D eigenvalue weighted by atomic mass is 19.1. The fourth-order valence-corrected chi connectivity index (χ4v) is 1.97. The molecule has 0 bridgehead atoms. The summed E-state index contributed by atoms with van der Waals surface area (Å²) < 4.78 is 23.9. The Morgan fingerprint density at radius 1 is 1.33 bits per heavy atom. The minimum Gasteiger partial charge on any atom is -0.493 e. The molecule has 24 heavy (non-hydrogen) atoms. The van der Waals surface area contributed by atoms with Crippen LogP contribution < -0.4 is 14.8 Å². The number of ether oxygens (including phenoxy) is 2. The summed E-state index contributed by atoms with van der Waals surface area (Å²) in [5.74, 6) is 0.503. The van der Waals surface area contributed by atoms with Gasteiger partial charge < -0.3 is 14.8 Å². The molecule has 2 rings (SSSR count). The second kappa shape index (κ2) is 8.67. The van der Waals surface area contributed by atoms with E-state index >= 15 is 0 Å². The van der Waals surface area contributed by atoms with Gasteiger partial charge in [0.15, 0.2) is 11.5 Å². The predicted octanol–water partition coefficient (Wildman–Crippen LogP) is 2.83. The first kappa shape index (κ1) is 17.5. The number of carbonyl (C=O) groups is 1. The molecule has 0 unspecified atom stereocenters. The number of halogens is 1. The Balaban J connectivity index is 1.83. The maximum atomic E-state index is 13.0. The Morgan fingerprint density at radius 3 is 2.79 bits per heavy atom. The van der Waals surface area contributed by atoms with Crippen LogP contribution in [-0.4, -0.2) is 30.6 Å². The van der Waals surface area contributed by atoms with E-state index in [0.717, 1.165) is 6.20 Å². The highest BCUT2D eigenvalue weighted by Crippen LogP contribution is 2.26. The number of para-hydroxylation sites is 2. The fourth-order valence-electron chi connectivity index (χ4n) is 1.97. The van der Waals surface area contributed by atoms with Crippen LogP contribution in [0.25, 0.3) is 6.08 Å². The number of rotatable bonds is 7. The standard InChI is InChI=1S/C18H19FN2O3/c1-13(24-17-6-4-3-5-16(17)23-2)10-21-18(22)8-7-14-9-15(19)12-20-11-14/h3-9,11-13H,10H2,1-2H3,(H,21,22)/b8-7+/t13-/m0/s1. The van der Waals surface area contributed by atoms with Crippen molar-refractivity contribution in [1.29, 1.82) is 0 Å². The average molecular weight is 330 g/mol. The minimum absolute atomic E-state index is 0.241. The van der Waals surface area contributed by atoms with Gasteiger partial charge in [-0.25, -0.2) is 4.39 Å². The molecule has 1 N–H and O–H groups in total. The normalized spacial score (nSPS) is 12.0. The second-order valence-corrected chi connectivity index (χ2v) is 5.09. The first-order valence-electron chi connectivity index (χ1n) is 7.44. The molecule has 0 saturated heterocycles. The molecule has 1 atom stereocenters. The van der Waals surface area contributed by atoms with Gasteiger partial charge in [0.1, 0.15) is 11.9 Å². The molecule has 2 aromatic rings. The van der Waals surface area contributed by atoms with Crippen LogP contribution in [0.1, 0.15) is 12.5 Å². The number of nitrogens with one attached hydrogen (secondary N) is 1. The summed E-state index contributed by atoms with van der Waals surface area (Å²) in [7, 11) is 1.57. The van der Waals surface area contributed by atoms with Crippen molar-refractivity contribution in [3.8, 4) is 11.5 Å². The van der Waals surface area contributed by atoms with Gasteiger partial charge in [0, 0.05) is 12.3 Å². The number of pyridine rings is 1. The molecule has 0 aliphatic rings. The SMILES string of the molecule is COc1ccccc1O[C@@H](C)CNC(=O)/C=C/c1cncc(F)c1. The van der Waals surface area contributed by atoms with Crippen LogP contribution in [-0.2, 0) is 4.79 Å². The van der Waals surface area contributed by atoms with Crippen LogP contribution in [0.2, 0.25) is 0 Å². The Hall–Kier alpha value is -2.89. The number of benzene rings is 1. The molecule has 126 valence electrons. The maximum absolute atomic E-state index is 13.0. The van der Waals surface area contributed by atoms with E-state index in [-0.39, 0.29) is 12.0 Å². The number of hydrogen-bond donors (Lipinski definition) is 1. The smallest absolute Gasteiger partial charge is 0.244 e. The molecule has 1 heterocycles. The van der Waals surface area contributed by atoms with Crippen molar-refractivity contribution in [2.75, 3.05) is 13.7 Å². The Labute approximate surface area is 140 Å². The quantitative estimate of drug-likeness (QED) is 0.793. The first-order chi connectivity index (χ1) is 11.6. The molecule has 1 amide bonds. The first-order valence-corrected chi connectivity index (χ1v) is 7.44. The Kier molecular flexibility index (Phi) is 6.31. The van der Waals surface area contributed by atoms with Crippen molar-refractivity contribution in [2.45, 2.75) is 13.0 Å². The van der Waals surface area contributed by atoms with Crippen LogP contribution in [0.5, 0.6) is 11.5 Å². The largest absolute Gasteiger partial charge is 0.493 e. The van der Waals surface area contributed by atoms with Crippen molar-refractivity contribution in [3.05, 3.63) is 60.2 Å². The molecule has 0 aliphatic carbocycles. The molecule has 5 nitrogen and oxygen atoms in total. The zero-order valence-corrected chi connectivity index (χ0v) is 13.5. The highest BCUT2D eigenvalue weighted by Gasteiger charge is 2.09. The summed E-state index contributed by atoms with van der Waals surface area (Å²) in [5.41, 5.74) is 0.517. The van der Waals surface area contributed by atoms with E-state index in [2.05, 4.69) is 10.3 Å². The van der Waals surface area contributed by atoms with Crippen LogP contribution in [0.15, 0.2) is 48.8 Å². The van der Waals surface area contributed by atoms with Crippen molar-refractivity contribution >= 4 is 12.0 Å². The lowest BCUT2D eigenvalue weighted by Crippen LogP contribution is -2.32. The number of hydrogen-bond acceptors (Lipinski definition) is 4. The zero-order chi connectivity index (χ0) is 17.4. The fraction of sp³-hybridized carbons (Fsp3) is 0.222. The summed E-state index contributed by atoms with van der Waals surface area (Å²) in [6.07, 6.45) is 5.16. The monoisotopic (exact) mass is 330 g/mol. The zero-order valence-electron chi connectivity index (χ0n) is 13.5. The van der Waals surface area contributed by atoms with E-state index in [1.54, 1.807) is 19.2 Å². The molecular formula is C18H19FN2O3. The third-order valence-electron chi connectivity index (χ3n) is 3.11. The summed E-state index contributed by atoms with van der Waals surface area (Å²) in [4.78, 5) is 15.5. The number of amides is 1. The van der Waals surface area contributed by atoms with Gasteiger partial charge in [0.2, 0.25) is 5.91 Å². The van der Waals surface area contributed by atoms with Gasteiger partial charge in [-0.05, 0) is 36.8 Å². The van der Waals surface area contributed by atoms with Crippen LogP contribution >= 0.6 is 0 Å². The van der Waals surface area contributed by atoms with Crippen molar-refractivity contribution < 1.29 is 18.7 Å². The summed E-state index contributed by atoms with van der Waals surface area (Å²) in [6.45, 7) is 2.16. The average Bonchev–Trinajstić information content (AvgIpc) is 2.58. The molecule has 0 saturated carbocycles. The number of carbonyl (C=O) groups excluding carboxylic acids is 1. The molecular weight excluding hydrogens is 311 g/mol. The number of nitrogens with zero attached hydrogens (tertiary/aromatic N) is 1. The lowest BCUT2D eigenvalue weighted by molar-refractivity contribution is -0.116. The van der Waals surface area contributed by atoms with Crippen molar-refractivity contribution in [2.24, 2.45) is 0 Å². The van der Waals surface area contributed by atoms with E-state index < -0.39 is 5.82 Å². The maximum Gasteiger partial charge on any atom is 0.244 e. The molecule has 0 spiro atoms. The molecule has 6 heteroatoms. The van der Waals surface area contributed by atoms with E-state index in [4.69, 9.17) is 9.47 Å². The highest BCUT2D eigenvalue weighted by molar-refractivity contribution is 5.91. The van der Waals surface area contributed by atoms with Gasteiger partial charge >= 0.3 is 0 Å². The molecule has 0 radical (unpaired) electrons. The van der Waals surface area contributed by atoms with E-state index in [9.17, 15) is 9.18 Å². The molecule has 0 aliphatic heterocycles. The minimum atomic E-state index is -0.448. The number of methoxy groups -OCH3 is 1.